The highest BCUT2D eigenvalue weighted by Gasteiger charge is 2.24. The monoisotopic (exact) mass is 384 g/mol. The van der Waals surface area contributed by atoms with Crippen molar-refractivity contribution in [3.8, 4) is 0 Å². The van der Waals surface area contributed by atoms with E-state index in [9.17, 15) is 9.18 Å². The summed E-state index contributed by atoms with van der Waals surface area (Å²) in [5.74, 6) is 0.0454. The Morgan fingerprint density at radius 3 is 2.32 bits per heavy atom. The van der Waals surface area contributed by atoms with Gasteiger partial charge >= 0.3 is 6.03 Å². The van der Waals surface area contributed by atoms with Gasteiger partial charge in [-0.1, -0.05) is 19.1 Å². The smallest absolute Gasteiger partial charge is 0.323 e. The van der Waals surface area contributed by atoms with Crippen molar-refractivity contribution >= 4 is 23.4 Å². The highest BCUT2D eigenvalue weighted by molar-refractivity contribution is 5.99. The zero-order valence-electron chi connectivity index (χ0n) is 16.0. The Balaban J connectivity index is 1.55. The number of nitrogens with zero attached hydrogens (tertiary/aromatic N) is 1. The number of ether oxygens (including phenoxy) is 1. The van der Waals surface area contributed by atoms with E-state index in [0.717, 1.165) is 12.8 Å². The summed E-state index contributed by atoms with van der Waals surface area (Å²) >= 11 is 0. The highest BCUT2D eigenvalue weighted by Crippen LogP contribution is 2.27. The van der Waals surface area contributed by atoms with E-state index in [2.05, 4.69) is 27.9 Å². The zero-order valence-corrected chi connectivity index (χ0v) is 16.0. The van der Waals surface area contributed by atoms with Crippen molar-refractivity contribution in [1.82, 2.24) is 5.32 Å². The first kappa shape index (κ1) is 19.7. The topological polar surface area (TPSA) is 74.8 Å². The number of carbonyl (C=O) groups is 1. The standard InChI is InChI=1S/C21H25FN4O2/c1-3-14(12-19-13-28-21(23-2)26-19)15-4-8-17(9-5-15)24-20(27)25-18-10-6-16(22)7-11-18/h4-11,14,19H,3,12-13H2,1-2H3,(H,23,26)(H2,24,25,27). The molecule has 1 aliphatic heterocycles. The number of amides is 2. The van der Waals surface area contributed by atoms with Crippen LogP contribution in [0.25, 0.3) is 0 Å². The van der Waals surface area contributed by atoms with Gasteiger partial charge in [-0.15, -0.1) is 0 Å². The van der Waals surface area contributed by atoms with Gasteiger partial charge in [0.25, 0.3) is 6.02 Å². The Morgan fingerprint density at radius 1 is 1.18 bits per heavy atom. The lowest BCUT2D eigenvalue weighted by Crippen LogP contribution is -2.28. The Kier molecular flexibility index (Phi) is 6.47. The lowest BCUT2D eigenvalue weighted by atomic mass is 9.90. The SMILES string of the molecule is CCC(CC1COC(=NC)N1)c1ccc(NC(=O)Nc2ccc(F)cc2)cc1. The Morgan fingerprint density at radius 2 is 1.79 bits per heavy atom. The van der Waals surface area contributed by atoms with Crippen LogP contribution in [0, 0.1) is 5.82 Å². The molecular formula is C21H25FN4O2. The molecule has 1 aliphatic rings. The summed E-state index contributed by atoms with van der Waals surface area (Å²) in [6, 6.07) is 14.0. The molecule has 2 amide bonds. The lowest BCUT2D eigenvalue weighted by molar-refractivity contribution is 0.262. The van der Waals surface area contributed by atoms with Crippen LogP contribution in [0.15, 0.2) is 53.5 Å². The second-order valence-electron chi connectivity index (χ2n) is 6.73. The Labute approximate surface area is 164 Å². The molecule has 1 saturated heterocycles. The van der Waals surface area contributed by atoms with Gasteiger partial charge in [0.1, 0.15) is 12.4 Å². The van der Waals surface area contributed by atoms with Gasteiger partial charge in [0.15, 0.2) is 0 Å². The molecule has 0 bridgehead atoms. The van der Waals surface area contributed by atoms with Crippen molar-refractivity contribution < 1.29 is 13.9 Å². The van der Waals surface area contributed by atoms with E-state index in [-0.39, 0.29) is 17.9 Å². The number of hydrogen-bond donors (Lipinski definition) is 3. The molecule has 6 nitrogen and oxygen atoms in total. The first-order chi connectivity index (χ1) is 13.6. The van der Waals surface area contributed by atoms with Crippen LogP contribution < -0.4 is 16.0 Å². The average Bonchev–Trinajstić information content (AvgIpc) is 3.16. The van der Waals surface area contributed by atoms with Crippen molar-refractivity contribution in [2.75, 3.05) is 24.3 Å². The van der Waals surface area contributed by atoms with E-state index in [1.54, 1.807) is 7.05 Å². The van der Waals surface area contributed by atoms with E-state index in [1.807, 2.05) is 24.3 Å². The second kappa shape index (κ2) is 9.21. The molecule has 0 aromatic heterocycles. The number of nitrogens with one attached hydrogen (secondary N) is 3. The molecule has 7 heteroatoms. The van der Waals surface area contributed by atoms with Crippen LogP contribution in [0.2, 0.25) is 0 Å². The fourth-order valence-electron chi connectivity index (χ4n) is 3.24. The number of hydrogen-bond acceptors (Lipinski definition) is 3. The predicted octanol–water partition coefficient (Wildman–Crippen LogP) is 4.33. The van der Waals surface area contributed by atoms with Crippen LogP contribution in [0.4, 0.5) is 20.6 Å². The molecule has 0 spiro atoms. The number of halogens is 1. The summed E-state index contributed by atoms with van der Waals surface area (Å²) in [4.78, 5) is 16.1. The summed E-state index contributed by atoms with van der Waals surface area (Å²) in [5, 5.41) is 8.74. The fourth-order valence-corrected chi connectivity index (χ4v) is 3.24. The number of carbonyl (C=O) groups excluding carboxylic acids is 1. The summed E-state index contributed by atoms with van der Waals surface area (Å²) in [7, 11) is 1.71. The summed E-state index contributed by atoms with van der Waals surface area (Å²) in [5.41, 5.74) is 2.44. The van der Waals surface area contributed by atoms with Gasteiger partial charge in [-0.3, -0.25) is 0 Å². The van der Waals surface area contributed by atoms with Gasteiger partial charge in [-0.05, 0) is 60.7 Å². The number of benzene rings is 2. The van der Waals surface area contributed by atoms with Gasteiger partial charge in [0.2, 0.25) is 0 Å². The average molecular weight is 384 g/mol. The van der Waals surface area contributed by atoms with Crippen molar-refractivity contribution in [3.63, 3.8) is 0 Å². The molecule has 1 heterocycles. The van der Waals surface area contributed by atoms with Gasteiger partial charge in [-0.25, -0.2) is 14.2 Å². The molecule has 2 atom stereocenters. The molecule has 2 unspecified atom stereocenters. The van der Waals surface area contributed by atoms with E-state index in [4.69, 9.17) is 4.74 Å². The molecule has 148 valence electrons. The van der Waals surface area contributed by atoms with E-state index in [0.29, 0.717) is 29.9 Å². The normalized spacial score (nSPS) is 18.2. The fraction of sp³-hybridized carbons (Fsp3) is 0.333. The number of anilines is 2. The summed E-state index contributed by atoms with van der Waals surface area (Å²) < 4.78 is 18.4. The minimum atomic E-state index is -0.370. The van der Waals surface area contributed by atoms with Crippen LogP contribution in [0.1, 0.15) is 31.2 Å². The molecule has 0 saturated carbocycles. The van der Waals surface area contributed by atoms with Crippen LogP contribution in [0.3, 0.4) is 0 Å². The maximum absolute atomic E-state index is 12.9. The van der Waals surface area contributed by atoms with E-state index >= 15 is 0 Å². The van der Waals surface area contributed by atoms with Crippen molar-refractivity contribution in [2.24, 2.45) is 4.99 Å². The highest BCUT2D eigenvalue weighted by atomic mass is 19.1. The summed E-state index contributed by atoms with van der Waals surface area (Å²) in [6.45, 7) is 2.80. The van der Waals surface area contributed by atoms with Gasteiger partial charge in [0, 0.05) is 18.4 Å². The van der Waals surface area contributed by atoms with Crippen molar-refractivity contribution in [1.29, 1.82) is 0 Å². The molecule has 3 rings (SSSR count). The molecule has 1 fully saturated rings. The third-order valence-corrected chi connectivity index (χ3v) is 4.76. The first-order valence-electron chi connectivity index (χ1n) is 9.37. The van der Waals surface area contributed by atoms with Crippen molar-refractivity contribution in [3.05, 3.63) is 59.9 Å². The number of amidine groups is 1. The van der Waals surface area contributed by atoms with Crippen LogP contribution >= 0.6 is 0 Å². The third-order valence-electron chi connectivity index (χ3n) is 4.76. The Bertz CT molecular complexity index is 821. The molecule has 0 radical (unpaired) electrons. The largest absolute Gasteiger partial charge is 0.463 e. The number of urea groups is 1. The zero-order chi connectivity index (χ0) is 19.9. The van der Waals surface area contributed by atoms with Crippen LogP contribution in [0.5, 0.6) is 0 Å². The second-order valence-corrected chi connectivity index (χ2v) is 6.73. The van der Waals surface area contributed by atoms with Crippen LogP contribution in [-0.2, 0) is 4.74 Å². The number of rotatable bonds is 6. The minimum absolute atomic E-state index is 0.253. The maximum Gasteiger partial charge on any atom is 0.323 e. The molecule has 3 N–H and O–H groups in total. The molecule has 0 aliphatic carbocycles. The first-order valence-corrected chi connectivity index (χ1v) is 9.37. The van der Waals surface area contributed by atoms with Gasteiger partial charge in [0.05, 0.1) is 6.04 Å². The molecule has 2 aromatic carbocycles. The predicted molar refractivity (Wildman–Crippen MR) is 109 cm³/mol. The molecule has 2 aromatic rings. The van der Waals surface area contributed by atoms with Gasteiger partial charge in [-0.2, -0.15) is 0 Å². The molecule has 28 heavy (non-hydrogen) atoms. The summed E-state index contributed by atoms with van der Waals surface area (Å²) in [6.07, 6.45) is 1.96. The third kappa shape index (κ3) is 5.22. The number of aliphatic imine (C=N–C) groups is 1. The van der Waals surface area contributed by atoms with Crippen molar-refractivity contribution in [2.45, 2.75) is 31.7 Å². The quantitative estimate of drug-likeness (QED) is 0.694. The minimum Gasteiger partial charge on any atom is -0.463 e. The molecular weight excluding hydrogens is 359 g/mol. The van der Waals surface area contributed by atoms with Crippen LogP contribution in [-0.4, -0.2) is 31.7 Å². The Hall–Kier alpha value is -3.09. The maximum atomic E-state index is 12.9. The van der Waals surface area contributed by atoms with E-state index < -0.39 is 0 Å². The lowest BCUT2D eigenvalue weighted by Gasteiger charge is -2.19. The van der Waals surface area contributed by atoms with E-state index in [1.165, 1.54) is 29.8 Å². The van der Waals surface area contributed by atoms with Gasteiger partial charge < -0.3 is 20.7 Å².